The predicted molar refractivity (Wildman–Crippen MR) is 63.8 cm³/mol. The van der Waals surface area contributed by atoms with Gasteiger partial charge in [-0.05, 0) is 27.1 Å². The van der Waals surface area contributed by atoms with Crippen LogP contribution in [0, 0.1) is 0 Å². The van der Waals surface area contributed by atoms with Gasteiger partial charge in [0.15, 0.2) is 0 Å². The molecule has 1 amide bonds. The number of carbonyl (C=O) groups is 2. The van der Waals surface area contributed by atoms with E-state index in [-0.39, 0.29) is 12.3 Å². The minimum Gasteiger partial charge on any atom is -0.481 e. The molecule has 0 aliphatic carbocycles. The zero-order chi connectivity index (χ0) is 12.8. The largest absolute Gasteiger partial charge is 0.481 e. The molecular weight excluding hydrogens is 222 g/mol. The minimum atomic E-state index is -0.926. The highest BCUT2D eigenvalue weighted by molar-refractivity contribution is 5.86. The molecular formula is C11H21N3O3. The number of nitrogens with one attached hydrogen (secondary N) is 1. The fourth-order valence-electron chi connectivity index (χ4n) is 2.01. The van der Waals surface area contributed by atoms with Crippen molar-refractivity contribution >= 4 is 11.9 Å². The van der Waals surface area contributed by atoms with E-state index in [1.165, 1.54) is 0 Å². The second-order valence-corrected chi connectivity index (χ2v) is 4.60. The van der Waals surface area contributed by atoms with E-state index >= 15 is 0 Å². The van der Waals surface area contributed by atoms with E-state index in [0.717, 1.165) is 26.1 Å². The van der Waals surface area contributed by atoms with E-state index in [4.69, 9.17) is 5.11 Å². The molecule has 1 rings (SSSR count). The summed E-state index contributed by atoms with van der Waals surface area (Å²) in [4.78, 5) is 26.4. The van der Waals surface area contributed by atoms with Gasteiger partial charge in [0.25, 0.3) is 0 Å². The first-order valence-electron chi connectivity index (χ1n) is 5.89. The molecule has 0 aromatic rings. The Morgan fingerprint density at radius 3 is 2.88 bits per heavy atom. The molecule has 0 aromatic carbocycles. The maximum Gasteiger partial charge on any atom is 0.305 e. The zero-order valence-electron chi connectivity index (χ0n) is 10.5. The van der Waals surface area contributed by atoms with Crippen LogP contribution in [0.2, 0.25) is 0 Å². The van der Waals surface area contributed by atoms with Gasteiger partial charge >= 0.3 is 5.97 Å². The number of hydrogen-bond donors (Lipinski definition) is 2. The highest BCUT2D eigenvalue weighted by Gasteiger charge is 2.30. The number of carboxylic acid groups (broad SMARTS) is 1. The van der Waals surface area contributed by atoms with Crippen LogP contribution in [0.5, 0.6) is 0 Å². The summed E-state index contributed by atoms with van der Waals surface area (Å²) >= 11 is 0. The van der Waals surface area contributed by atoms with Crippen molar-refractivity contribution in [2.75, 3.05) is 40.3 Å². The van der Waals surface area contributed by atoms with Gasteiger partial charge in [0.1, 0.15) is 0 Å². The molecule has 6 heteroatoms. The summed E-state index contributed by atoms with van der Waals surface area (Å²) in [5.74, 6) is -1.09. The summed E-state index contributed by atoms with van der Waals surface area (Å²) in [5.41, 5.74) is 0. The first kappa shape index (κ1) is 13.9. The van der Waals surface area contributed by atoms with Crippen LogP contribution in [-0.2, 0) is 9.59 Å². The Kier molecular flexibility index (Phi) is 5.37. The standard InChI is InChI=1S/C11H21N3O3/c1-13(2)5-3-6-14-7-4-12-11(17)9(14)8-10(15)16/h9H,3-8H2,1-2H3,(H,12,17)(H,15,16). The van der Waals surface area contributed by atoms with Crippen molar-refractivity contribution in [3.05, 3.63) is 0 Å². The molecule has 17 heavy (non-hydrogen) atoms. The Hall–Kier alpha value is -1.14. The molecule has 1 aliphatic heterocycles. The number of carbonyl (C=O) groups excluding carboxylic acids is 1. The molecule has 1 unspecified atom stereocenters. The summed E-state index contributed by atoms with van der Waals surface area (Å²) < 4.78 is 0. The quantitative estimate of drug-likeness (QED) is 0.640. The van der Waals surface area contributed by atoms with Crippen LogP contribution in [0.15, 0.2) is 0 Å². The van der Waals surface area contributed by atoms with Gasteiger partial charge < -0.3 is 15.3 Å². The molecule has 0 spiro atoms. The molecule has 0 bridgehead atoms. The molecule has 98 valence electrons. The van der Waals surface area contributed by atoms with Crippen LogP contribution in [0.3, 0.4) is 0 Å². The molecule has 1 saturated heterocycles. The Morgan fingerprint density at radius 2 is 2.29 bits per heavy atom. The van der Waals surface area contributed by atoms with Gasteiger partial charge in [-0.25, -0.2) is 0 Å². The van der Waals surface area contributed by atoms with Gasteiger partial charge in [-0.2, -0.15) is 0 Å². The third-order valence-electron chi connectivity index (χ3n) is 2.86. The lowest BCUT2D eigenvalue weighted by molar-refractivity contribution is -0.143. The molecule has 1 heterocycles. The Labute approximate surface area is 102 Å². The second-order valence-electron chi connectivity index (χ2n) is 4.60. The van der Waals surface area contributed by atoms with Crippen molar-refractivity contribution in [1.82, 2.24) is 15.1 Å². The van der Waals surface area contributed by atoms with E-state index in [2.05, 4.69) is 10.2 Å². The van der Waals surface area contributed by atoms with Crippen molar-refractivity contribution in [1.29, 1.82) is 0 Å². The lowest BCUT2D eigenvalue weighted by Crippen LogP contribution is -2.56. The predicted octanol–water partition coefficient (Wildman–Crippen LogP) is -0.787. The molecule has 0 aromatic heterocycles. The summed E-state index contributed by atoms with van der Waals surface area (Å²) in [6.07, 6.45) is 0.824. The number of rotatable bonds is 6. The molecule has 1 fully saturated rings. The first-order valence-corrected chi connectivity index (χ1v) is 5.89. The molecule has 2 N–H and O–H groups in total. The summed E-state index contributed by atoms with van der Waals surface area (Å²) in [5, 5.41) is 11.5. The van der Waals surface area contributed by atoms with Crippen LogP contribution >= 0.6 is 0 Å². The average Bonchev–Trinajstić information content (AvgIpc) is 2.22. The Morgan fingerprint density at radius 1 is 1.59 bits per heavy atom. The third-order valence-corrected chi connectivity index (χ3v) is 2.86. The van der Waals surface area contributed by atoms with E-state index in [1.807, 2.05) is 19.0 Å². The number of amides is 1. The maximum absolute atomic E-state index is 11.6. The van der Waals surface area contributed by atoms with Crippen LogP contribution in [-0.4, -0.2) is 73.1 Å². The highest BCUT2D eigenvalue weighted by Crippen LogP contribution is 2.09. The van der Waals surface area contributed by atoms with Crippen LogP contribution < -0.4 is 5.32 Å². The number of nitrogens with zero attached hydrogens (tertiary/aromatic N) is 2. The Balaban J connectivity index is 2.47. The number of aliphatic carboxylic acids is 1. The van der Waals surface area contributed by atoms with Crippen LogP contribution in [0.4, 0.5) is 0 Å². The van der Waals surface area contributed by atoms with Gasteiger partial charge in [0.2, 0.25) is 5.91 Å². The molecule has 0 saturated carbocycles. The van der Waals surface area contributed by atoms with Crippen LogP contribution in [0.25, 0.3) is 0 Å². The van der Waals surface area contributed by atoms with Crippen molar-refractivity contribution in [2.24, 2.45) is 0 Å². The van der Waals surface area contributed by atoms with Gasteiger partial charge in [0, 0.05) is 19.6 Å². The van der Waals surface area contributed by atoms with Crippen molar-refractivity contribution in [2.45, 2.75) is 18.9 Å². The first-order chi connectivity index (χ1) is 8.00. The summed E-state index contributed by atoms with van der Waals surface area (Å²) in [6.45, 7) is 3.05. The van der Waals surface area contributed by atoms with Crippen LogP contribution in [0.1, 0.15) is 12.8 Å². The maximum atomic E-state index is 11.6. The fourth-order valence-corrected chi connectivity index (χ4v) is 2.01. The van der Waals surface area contributed by atoms with E-state index in [0.29, 0.717) is 6.54 Å². The lowest BCUT2D eigenvalue weighted by atomic mass is 10.1. The molecule has 6 nitrogen and oxygen atoms in total. The van der Waals surface area contributed by atoms with E-state index in [1.54, 1.807) is 0 Å². The van der Waals surface area contributed by atoms with Gasteiger partial charge in [-0.1, -0.05) is 0 Å². The normalized spacial score (nSPS) is 21.6. The average molecular weight is 243 g/mol. The monoisotopic (exact) mass is 243 g/mol. The number of piperazine rings is 1. The highest BCUT2D eigenvalue weighted by atomic mass is 16.4. The van der Waals surface area contributed by atoms with E-state index in [9.17, 15) is 9.59 Å². The third kappa shape index (κ3) is 4.70. The second kappa shape index (κ2) is 6.56. The SMILES string of the molecule is CN(C)CCCN1CCNC(=O)C1CC(=O)O. The van der Waals surface area contributed by atoms with Crippen molar-refractivity contribution in [3.8, 4) is 0 Å². The van der Waals surface area contributed by atoms with Gasteiger partial charge in [0.05, 0.1) is 12.5 Å². The summed E-state index contributed by atoms with van der Waals surface area (Å²) in [7, 11) is 4.00. The van der Waals surface area contributed by atoms with Crippen molar-refractivity contribution < 1.29 is 14.7 Å². The molecule has 1 atom stereocenters. The van der Waals surface area contributed by atoms with Crippen molar-refractivity contribution in [3.63, 3.8) is 0 Å². The number of carboxylic acids is 1. The van der Waals surface area contributed by atoms with E-state index < -0.39 is 12.0 Å². The van der Waals surface area contributed by atoms with Gasteiger partial charge in [-0.15, -0.1) is 0 Å². The zero-order valence-corrected chi connectivity index (χ0v) is 10.5. The Bertz CT molecular complexity index is 281. The molecule has 0 radical (unpaired) electrons. The topological polar surface area (TPSA) is 72.9 Å². The molecule has 1 aliphatic rings. The lowest BCUT2D eigenvalue weighted by Gasteiger charge is -2.34. The van der Waals surface area contributed by atoms with Gasteiger partial charge in [-0.3, -0.25) is 14.5 Å². The summed E-state index contributed by atoms with van der Waals surface area (Å²) in [6, 6.07) is -0.511. The number of hydrogen-bond acceptors (Lipinski definition) is 4. The fraction of sp³-hybridized carbons (Fsp3) is 0.818. The smallest absolute Gasteiger partial charge is 0.305 e. The minimum absolute atomic E-state index is 0.117.